The van der Waals surface area contributed by atoms with Gasteiger partial charge in [0.25, 0.3) is 0 Å². The van der Waals surface area contributed by atoms with Crippen molar-refractivity contribution in [2.75, 3.05) is 6.54 Å². The molecule has 0 amide bonds. The van der Waals surface area contributed by atoms with E-state index in [0.29, 0.717) is 11.5 Å². The van der Waals surface area contributed by atoms with Gasteiger partial charge in [0.15, 0.2) is 0 Å². The average molecular weight is 271 g/mol. The van der Waals surface area contributed by atoms with Crippen molar-refractivity contribution in [2.24, 2.45) is 5.41 Å². The predicted octanol–water partition coefficient (Wildman–Crippen LogP) is 5.19. The van der Waals surface area contributed by atoms with Gasteiger partial charge in [0.1, 0.15) is 0 Å². The molecule has 2 fully saturated rings. The van der Waals surface area contributed by atoms with E-state index >= 15 is 0 Å². The average Bonchev–Trinajstić information content (AvgIpc) is 2.47. The Hall–Kier alpha value is -0.820. The molecule has 1 aromatic rings. The quantitative estimate of drug-likeness (QED) is 0.781. The SMILES string of the molecule is CC1(C)CCCC(c2cccc(C3CCCCN3)c2)C1. The first-order chi connectivity index (χ1) is 9.64. The van der Waals surface area contributed by atoms with Gasteiger partial charge in [-0.25, -0.2) is 0 Å². The van der Waals surface area contributed by atoms with Crippen molar-refractivity contribution in [2.45, 2.75) is 70.8 Å². The first-order valence-corrected chi connectivity index (χ1v) is 8.47. The molecule has 0 aromatic heterocycles. The molecule has 1 aromatic carbocycles. The molecule has 2 aliphatic rings. The predicted molar refractivity (Wildman–Crippen MR) is 86.0 cm³/mol. The molecule has 3 rings (SSSR count). The summed E-state index contributed by atoms with van der Waals surface area (Å²) in [4.78, 5) is 0. The Morgan fingerprint density at radius 1 is 1.05 bits per heavy atom. The number of rotatable bonds is 2. The smallest absolute Gasteiger partial charge is 0.0320 e. The molecule has 110 valence electrons. The van der Waals surface area contributed by atoms with E-state index in [1.54, 1.807) is 5.56 Å². The van der Waals surface area contributed by atoms with Gasteiger partial charge in [0.2, 0.25) is 0 Å². The van der Waals surface area contributed by atoms with E-state index in [9.17, 15) is 0 Å². The van der Waals surface area contributed by atoms with Crippen molar-refractivity contribution in [1.82, 2.24) is 5.32 Å². The van der Waals surface area contributed by atoms with Gasteiger partial charge in [-0.15, -0.1) is 0 Å². The number of hydrogen-bond acceptors (Lipinski definition) is 1. The molecule has 0 bridgehead atoms. The second-order valence-electron chi connectivity index (χ2n) is 7.63. The minimum Gasteiger partial charge on any atom is -0.310 e. The lowest BCUT2D eigenvalue weighted by molar-refractivity contribution is 0.219. The summed E-state index contributed by atoms with van der Waals surface area (Å²) in [5.74, 6) is 0.780. The summed E-state index contributed by atoms with van der Waals surface area (Å²) in [5.41, 5.74) is 3.63. The summed E-state index contributed by atoms with van der Waals surface area (Å²) in [7, 11) is 0. The lowest BCUT2D eigenvalue weighted by Gasteiger charge is -2.36. The normalized spacial score (nSPS) is 30.1. The lowest BCUT2D eigenvalue weighted by atomic mass is 9.70. The van der Waals surface area contributed by atoms with Crippen molar-refractivity contribution in [3.63, 3.8) is 0 Å². The maximum absolute atomic E-state index is 3.68. The molecule has 2 unspecified atom stereocenters. The van der Waals surface area contributed by atoms with E-state index in [1.165, 1.54) is 57.1 Å². The van der Waals surface area contributed by atoms with Crippen molar-refractivity contribution in [3.8, 4) is 0 Å². The fraction of sp³-hybridized carbons (Fsp3) is 0.684. The van der Waals surface area contributed by atoms with Gasteiger partial charge >= 0.3 is 0 Å². The Morgan fingerprint density at radius 3 is 2.65 bits per heavy atom. The Bertz CT molecular complexity index is 443. The zero-order valence-corrected chi connectivity index (χ0v) is 13.1. The van der Waals surface area contributed by atoms with Crippen molar-refractivity contribution < 1.29 is 0 Å². The molecule has 1 aliphatic carbocycles. The first-order valence-electron chi connectivity index (χ1n) is 8.47. The van der Waals surface area contributed by atoms with E-state index in [4.69, 9.17) is 0 Å². The van der Waals surface area contributed by atoms with E-state index in [-0.39, 0.29) is 0 Å². The largest absolute Gasteiger partial charge is 0.310 e. The minimum absolute atomic E-state index is 0.530. The molecule has 1 heteroatoms. The molecular formula is C19H29N. The van der Waals surface area contributed by atoms with Crippen molar-refractivity contribution in [3.05, 3.63) is 35.4 Å². The molecule has 1 heterocycles. The molecule has 1 nitrogen and oxygen atoms in total. The van der Waals surface area contributed by atoms with E-state index < -0.39 is 0 Å². The molecule has 0 radical (unpaired) electrons. The highest BCUT2D eigenvalue weighted by Crippen LogP contribution is 2.43. The van der Waals surface area contributed by atoms with Crippen LogP contribution in [-0.2, 0) is 0 Å². The molecule has 1 aliphatic heterocycles. The monoisotopic (exact) mass is 271 g/mol. The van der Waals surface area contributed by atoms with Gasteiger partial charge in [-0.3, -0.25) is 0 Å². The van der Waals surface area contributed by atoms with Crippen LogP contribution in [0.3, 0.4) is 0 Å². The maximum atomic E-state index is 3.68. The fourth-order valence-corrected chi connectivity index (χ4v) is 4.15. The molecule has 1 saturated carbocycles. The van der Waals surface area contributed by atoms with Crippen LogP contribution >= 0.6 is 0 Å². The molecule has 2 atom stereocenters. The van der Waals surface area contributed by atoms with E-state index in [1.807, 2.05) is 0 Å². The summed E-state index contributed by atoms with van der Waals surface area (Å²) in [6.07, 6.45) is 9.54. The highest BCUT2D eigenvalue weighted by Gasteiger charge is 2.29. The van der Waals surface area contributed by atoms with Gasteiger partial charge in [0.05, 0.1) is 0 Å². The first kappa shape index (κ1) is 14.1. The summed E-state index contributed by atoms with van der Waals surface area (Å²) in [6, 6.07) is 10.1. The van der Waals surface area contributed by atoms with Gasteiger partial charge in [0, 0.05) is 6.04 Å². The number of benzene rings is 1. The van der Waals surface area contributed by atoms with Crippen LogP contribution < -0.4 is 5.32 Å². The van der Waals surface area contributed by atoms with Crippen LogP contribution in [0.2, 0.25) is 0 Å². The van der Waals surface area contributed by atoms with Crippen LogP contribution in [-0.4, -0.2) is 6.54 Å². The fourth-order valence-electron chi connectivity index (χ4n) is 4.15. The highest BCUT2D eigenvalue weighted by atomic mass is 14.9. The summed E-state index contributed by atoms with van der Waals surface area (Å²) < 4.78 is 0. The molecule has 20 heavy (non-hydrogen) atoms. The second-order valence-corrected chi connectivity index (χ2v) is 7.63. The number of hydrogen-bond donors (Lipinski definition) is 1. The van der Waals surface area contributed by atoms with Gasteiger partial charge in [-0.2, -0.15) is 0 Å². The highest BCUT2D eigenvalue weighted by molar-refractivity contribution is 5.29. The maximum Gasteiger partial charge on any atom is 0.0320 e. The Morgan fingerprint density at radius 2 is 1.90 bits per heavy atom. The molecule has 1 saturated heterocycles. The van der Waals surface area contributed by atoms with Crippen LogP contribution in [0.25, 0.3) is 0 Å². The van der Waals surface area contributed by atoms with Crippen molar-refractivity contribution in [1.29, 1.82) is 0 Å². The van der Waals surface area contributed by atoms with Crippen LogP contribution in [0.15, 0.2) is 24.3 Å². The van der Waals surface area contributed by atoms with Crippen LogP contribution in [0, 0.1) is 5.41 Å². The second kappa shape index (κ2) is 5.89. The topological polar surface area (TPSA) is 12.0 Å². The van der Waals surface area contributed by atoms with Gasteiger partial charge in [-0.1, -0.05) is 51.0 Å². The Balaban J connectivity index is 1.76. The lowest BCUT2D eigenvalue weighted by Crippen LogP contribution is -2.27. The number of piperidine rings is 1. The summed E-state index contributed by atoms with van der Waals surface area (Å²) >= 11 is 0. The van der Waals surface area contributed by atoms with Crippen molar-refractivity contribution >= 4 is 0 Å². The minimum atomic E-state index is 0.530. The summed E-state index contributed by atoms with van der Waals surface area (Å²) in [5, 5.41) is 3.68. The summed E-state index contributed by atoms with van der Waals surface area (Å²) in [6.45, 7) is 6.06. The molecule has 0 spiro atoms. The molecule has 1 N–H and O–H groups in total. The third-order valence-corrected chi connectivity index (χ3v) is 5.30. The van der Waals surface area contributed by atoms with Crippen LogP contribution in [0.5, 0.6) is 0 Å². The van der Waals surface area contributed by atoms with E-state index in [0.717, 1.165) is 5.92 Å². The molecular weight excluding hydrogens is 242 g/mol. The van der Waals surface area contributed by atoms with Gasteiger partial charge in [-0.05, 0) is 61.1 Å². The van der Waals surface area contributed by atoms with Crippen LogP contribution in [0.1, 0.15) is 81.9 Å². The zero-order valence-electron chi connectivity index (χ0n) is 13.1. The third kappa shape index (κ3) is 3.25. The van der Waals surface area contributed by atoms with E-state index in [2.05, 4.69) is 43.4 Å². The Kier molecular flexibility index (Phi) is 4.16. The number of nitrogens with one attached hydrogen (secondary N) is 1. The third-order valence-electron chi connectivity index (χ3n) is 5.30. The Labute approximate surface area is 124 Å². The van der Waals surface area contributed by atoms with Gasteiger partial charge < -0.3 is 5.32 Å². The standard InChI is InChI=1S/C19H29N/c1-19(2)11-6-9-17(14-19)15-7-5-8-16(13-15)18-10-3-4-12-20-18/h5,7-8,13,17-18,20H,3-4,6,9-12,14H2,1-2H3. The zero-order chi connectivity index (χ0) is 14.0. The van der Waals surface area contributed by atoms with Crippen LogP contribution in [0.4, 0.5) is 0 Å².